The van der Waals surface area contributed by atoms with Gasteiger partial charge in [0.2, 0.25) is 0 Å². The van der Waals surface area contributed by atoms with Gasteiger partial charge >= 0.3 is 0 Å². The summed E-state index contributed by atoms with van der Waals surface area (Å²) in [6, 6.07) is 1.38. The lowest BCUT2D eigenvalue weighted by molar-refractivity contribution is 0.129. The van der Waals surface area contributed by atoms with Crippen LogP contribution in [-0.2, 0) is 0 Å². The van der Waals surface area contributed by atoms with Crippen LogP contribution in [0.1, 0.15) is 26.7 Å². The summed E-state index contributed by atoms with van der Waals surface area (Å²) in [6.07, 6.45) is 2.45. The molecule has 0 aromatic heterocycles. The van der Waals surface area contributed by atoms with E-state index in [1.165, 1.54) is 19.4 Å². The van der Waals surface area contributed by atoms with E-state index in [0.717, 1.165) is 19.6 Å². The van der Waals surface area contributed by atoms with Crippen molar-refractivity contribution in [3.63, 3.8) is 0 Å². The largest absolute Gasteiger partial charge is 0.329 e. The Kier molecular flexibility index (Phi) is 4.70. The number of nitrogens with two attached hydrogens (primary N) is 1. The number of nitrogens with zero attached hydrogens (tertiary/aromatic N) is 1. The molecule has 3 N–H and O–H groups in total. The van der Waals surface area contributed by atoms with Crippen molar-refractivity contribution in [3.05, 3.63) is 0 Å². The Hall–Kier alpha value is -0.120. The van der Waals surface area contributed by atoms with Crippen LogP contribution >= 0.6 is 0 Å². The minimum atomic E-state index is 0.675. The van der Waals surface area contributed by atoms with Crippen molar-refractivity contribution in [2.45, 2.75) is 38.8 Å². The fraction of sp³-hybridized carbons (Fsp3) is 1.00. The molecule has 1 aliphatic heterocycles. The maximum absolute atomic E-state index is 5.60. The highest BCUT2D eigenvalue weighted by atomic mass is 15.2. The molecule has 0 aliphatic carbocycles. The normalized spacial score (nSPS) is 30.7. The van der Waals surface area contributed by atoms with Crippen LogP contribution in [0.3, 0.4) is 0 Å². The molecule has 1 fully saturated rings. The second-order valence-electron chi connectivity index (χ2n) is 3.86. The van der Waals surface area contributed by atoms with Crippen LogP contribution < -0.4 is 11.1 Å². The third kappa shape index (κ3) is 2.93. The minimum absolute atomic E-state index is 0.675. The zero-order valence-corrected chi connectivity index (χ0v) is 8.92. The van der Waals surface area contributed by atoms with E-state index in [2.05, 4.69) is 24.1 Å². The maximum Gasteiger partial charge on any atom is 0.0219 e. The standard InChI is InChI=1S/C10H23N3/c1-3-9-8-13(6-5-11)10(4-2)7-12-9/h9-10,12H,3-8,11H2,1-2H3/t9-,10+/m1/s1. The molecule has 0 unspecified atom stereocenters. The molecule has 0 amide bonds. The van der Waals surface area contributed by atoms with Gasteiger partial charge in [-0.1, -0.05) is 13.8 Å². The highest BCUT2D eigenvalue weighted by molar-refractivity contribution is 4.84. The first-order chi connectivity index (χ1) is 6.31. The zero-order chi connectivity index (χ0) is 9.68. The van der Waals surface area contributed by atoms with Gasteiger partial charge < -0.3 is 11.1 Å². The van der Waals surface area contributed by atoms with Crippen LogP contribution in [0.4, 0.5) is 0 Å². The van der Waals surface area contributed by atoms with Crippen LogP contribution in [0.5, 0.6) is 0 Å². The lowest BCUT2D eigenvalue weighted by Gasteiger charge is -2.39. The fourth-order valence-electron chi connectivity index (χ4n) is 2.04. The summed E-state index contributed by atoms with van der Waals surface area (Å²) in [5, 5.41) is 3.58. The van der Waals surface area contributed by atoms with Crippen molar-refractivity contribution < 1.29 is 0 Å². The molecule has 2 atom stereocenters. The van der Waals surface area contributed by atoms with Crippen molar-refractivity contribution in [2.24, 2.45) is 5.73 Å². The average molecular weight is 185 g/mol. The Morgan fingerprint density at radius 2 is 2.15 bits per heavy atom. The molecule has 1 aliphatic rings. The van der Waals surface area contributed by atoms with E-state index in [1.807, 2.05) is 0 Å². The second kappa shape index (κ2) is 5.58. The molecule has 1 heterocycles. The van der Waals surface area contributed by atoms with Gasteiger partial charge in [0.05, 0.1) is 0 Å². The summed E-state index contributed by atoms with van der Waals surface area (Å²) in [4.78, 5) is 2.53. The van der Waals surface area contributed by atoms with Crippen LogP contribution in [0.15, 0.2) is 0 Å². The van der Waals surface area contributed by atoms with Crippen LogP contribution in [0, 0.1) is 0 Å². The number of hydrogen-bond donors (Lipinski definition) is 2. The van der Waals surface area contributed by atoms with E-state index in [1.54, 1.807) is 0 Å². The molecule has 0 spiro atoms. The molecule has 0 aromatic rings. The first-order valence-electron chi connectivity index (χ1n) is 5.49. The quantitative estimate of drug-likeness (QED) is 0.666. The van der Waals surface area contributed by atoms with Gasteiger partial charge in [0.1, 0.15) is 0 Å². The minimum Gasteiger partial charge on any atom is -0.329 e. The van der Waals surface area contributed by atoms with E-state index < -0.39 is 0 Å². The summed E-state index contributed by atoms with van der Waals surface area (Å²) < 4.78 is 0. The van der Waals surface area contributed by atoms with Gasteiger partial charge in [0, 0.05) is 38.3 Å². The van der Waals surface area contributed by atoms with Gasteiger partial charge in [0.15, 0.2) is 0 Å². The van der Waals surface area contributed by atoms with Gasteiger partial charge in [-0.15, -0.1) is 0 Å². The Balaban J connectivity index is 2.42. The van der Waals surface area contributed by atoms with Crippen molar-refractivity contribution in [1.29, 1.82) is 0 Å². The van der Waals surface area contributed by atoms with E-state index in [9.17, 15) is 0 Å². The third-order valence-corrected chi connectivity index (χ3v) is 2.99. The van der Waals surface area contributed by atoms with Crippen LogP contribution in [-0.4, -0.2) is 43.2 Å². The monoisotopic (exact) mass is 185 g/mol. The molecule has 0 saturated carbocycles. The third-order valence-electron chi connectivity index (χ3n) is 2.99. The Morgan fingerprint density at radius 3 is 2.69 bits per heavy atom. The van der Waals surface area contributed by atoms with E-state index in [0.29, 0.717) is 12.1 Å². The SMILES string of the molecule is CC[C@@H]1CN(CCN)[C@@H](CC)CN1. The Labute approximate surface area is 81.7 Å². The molecule has 0 aromatic carbocycles. The van der Waals surface area contributed by atoms with Gasteiger partial charge in [0.25, 0.3) is 0 Å². The van der Waals surface area contributed by atoms with E-state index in [4.69, 9.17) is 5.73 Å². The Bertz CT molecular complexity index is 138. The Morgan fingerprint density at radius 1 is 1.38 bits per heavy atom. The molecule has 0 bridgehead atoms. The second-order valence-corrected chi connectivity index (χ2v) is 3.86. The van der Waals surface area contributed by atoms with E-state index >= 15 is 0 Å². The van der Waals surface area contributed by atoms with Gasteiger partial charge in [-0.2, -0.15) is 0 Å². The summed E-state index contributed by atoms with van der Waals surface area (Å²) >= 11 is 0. The fourth-order valence-corrected chi connectivity index (χ4v) is 2.04. The lowest BCUT2D eigenvalue weighted by Crippen LogP contribution is -2.56. The smallest absolute Gasteiger partial charge is 0.0219 e. The van der Waals surface area contributed by atoms with Crippen molar-refractivity contribution in [2.75, 3.05) is 26.2 Å². The molecular weight excluding hydrogens is 162 g/mol. The van der Waals surface area contributed by atoms with Crippen molar-refractivity contribution in [3.8, 4) is 0 Å². The molecular formula is C10H23N3. The summed E-state index contributed by atoms with van der Waals surface area (Å²) in [5.41, 5.74) is 5.60. The molecule has 3 heteroatoms. The number of piperazine rings is 1. The molecule has 3 nitrogen and oxygen atoms in total. The van der Waals surface area contributed by atoms with Crippen LogP contribution in [0.2, 0.25) is 0 Å². The summed E-state index contributed by atoms with van der Waals surface area (Å²) in [5.74, 6) is 0. The highest BCUT2D eigenvalue weighted by Crippen LogP contribution is 2.10. The van der Waals surface area contributed by atoms with Crippen molar-refractivity contribution >= 4 is 0 Å². The van der Waals surface area contributed by atoms with E-state index in [-0.39, 0.29) is 0 Å². The summed E-state index contributed by atoms with van der Waals surface area (Å²) in [7, 11) is 0. The molecule has 1 rings (SSSR count). The number of hydrogen-bond acceptors (Lipinski definition) is 3. The topological polar surface area (TPSA) is 41.3 Å². The average Bonchev–Trinajstić information content (AvgIpc) is 2.18. The number of rotatable bonds is 4. The van der Waals surface area contributed by atoms with Gasteiger partial charge in [-0.25, -0.2) is 0 Å². The molecule has 13 heavy (non-hydrogen) atoms. The predicted molar refractivity (Wildman–Crippen MR) is 56.8 cm³/mol. The zero-order valence-electron chi connectivity index (χ0n) is 8.92. The predicted octanol–water partition coefficient (Wildman–Crippen LogP) is 0.408. The van der Waals surface area contributed by atoms with Crippen LogP contribution in [0.25, 0.3) is 0 Å². The molecule has 0 radical (unpaired) electrons. The lowest BCUT2D eigenvalue weighted by atomic mass is 10.1. The molecule has 1 saturated heterocycles. The highest BCUT2D eigenvalue weighted by Gasteiger charge is 2.24. The first-order valence-corrected chi connectivity index (χ1v) is 5.49. The summed E-state index contributed by atoms with van der Waals surface area (Å²) in [6.45, 7) is 8.64. The maximum atomic E-state index is 5.60. The molecule has 78 valence electrons. The van der Waals surface area contributed by atoms with Gasteiger partial charge in [-0.05, 0) is 12.8 Å². The number of nitrogens with one attached hydrogen (secondary N) is 1. The first kappa shape index (κ1) is 11.0. The van der Waals surface area contributed by atoms with Gasteiger partial charge in [-0.3, -0.25) is 4.90 Å². The van der Waals surface area contributed by atoms with Crippen molar-refractivity contribution in [1.82, 2.24) is 10.2 Å².